The number of rotatable bonds is 4. The second kappa shape index (κ2) is 5.46. The molecule has 3 rings (SSSR count). The Hall–Kier alpha value is -2.14. The van der Waals surface area contributed by atoms with Crippen LogP contribution in [0, 0.1) is 0 Å². The number of hydrogen-bond acceptors (Lipinski definition) is 4. The van der Waals surface area contributed by atoms with E-state index in [9.17, 15) is 9.90 Å². The third-order valence-corrected chi connectivity index (χ3v) is 3.71. The van der Waals surface area contributed by atoms with Gasteiger partial charge in [0.1, 0.15) is 5.76 Å². The topological polar surface area (TPSA) is 66.6 Å². The van der Waals surface area contributed by atoms with Crippen LogP contribution in [0.3, 0.4) is 0 Å². The van der Waals surface area contributed by atoms with E-state index in [1.54, 1.807) is 24.6 Å². The SMILES string of the molecule is O=C(O)c1cccnc1CN1CCCC1c1ccco1. The Morgan fingerprint density at radius 3 is 3.10 bits per heavy atom. The molecular formula is C15H16N2O3. The number of carboxylic acids is 1. The van der Waals surface area contributed by atoms with Gasteiger partial charge >= 0.3 is 5.97 Å². The lowest BCUT2D eigenvalue weighted by molar-refractivity contribution is 0.0693. The summed E-state index contributed by atoms with van der Waals surface area (Å²) in [6, 6.07) is 7.33. The Labute approximate surface area is 116 Å². The van der Waals surface area contributed by atoms with Gasteiger partial charge in [0.25, 0.3) is 0 Å². The number of nitrogens with zero attached hydrogens (tertiary/aromatic N) is 2. The van der Waals surface area contributed by atoms with Crippen LogP contribution in [0.2, 0.25) is 0 Å². The molecule has 2 aromatic heterocycles. The normalized spacial score (nSPS) is 19.3. The maximum Gasteiger partial charge on any atom is 0.337 e. The van der Waals surface area contributed by atoms with Gasteiger partial charge in [0.15, 0.2) is 0 Å². The molecule has 5 heteroatoms. The van der Waals surface area contributed by atoms with E-state index in [-0.39, 0.29) is 11.6 Å². The molecule has 1 unspecified atom stereocenters. The molecule has 0 radical (unpaired) electrons. The number of carboxylic acid groups (broad SMARTS) is 1. The van der Waals surface area contributed by atoms with Crippen LogP contribution in [0.15, 0.2) is 41.1 Å². The highest BCUT2D eigenvalue weighted by atomic mass is 16.4. The summed E-state index contributed by atoms with van der Waals surface area (Å²) in [5, 5.41) is 9.21. The first-order valence-electron chi connectivity index (χ1n) is 6.70. The van der Waals surface area contributed by atoms with Crippen molar-refractivity contribution in [3.05, 3.63) is 53.7 Å². The second-order valence-corrected chi connectivity index (χ2v) is 4.95. The highest BCUT2D eigenvalue weighted by molar-refractivity contribution is 5.88. The molecule has 1 N–H and O–H groups in total. The number of furan rings is 1. The van der Waals surface area contributed by atoms with Gasteiger partial charge in [-0.05, 0) is 43.7 Å². The fourth-order valence-corrected chi connectivity index (χ4v) is 2.77. The Kier molecular flexibility index (Phi) is 3.52. The van der Waals surface area contributed by atoms with Gasteiger partial charge in [0.2, 0.25) is 0 Å². The molecular weight excluding hydrogens is 256 g/mol. The molecule has 1 aliphatic heterocycles. The van der Waals surface area contributed by atoms with Gasteiger partial charge in [0.05, 0.1) is 23.6 Å². The Morgan fingerprint density at radius 1 is 1.45 bits per heavy atom. The zero-order chi connectivity index (χ0) is 13.9. The van der Waals surface area contributed by atoms with Crippen molar-refractivity contribution in [2.75, 3.05) is 6.54 Å². The van der Waals surface area contributed by atoms with Crippen LogP contribution in [0.5, 0.6) is 0 Å². The predicted octanol–water partition coefficient (Wildman–Crippen LogP) is 2.71. The number of aromatic carboxylic acids is 1. The van der Waals surface area contributed by atoms with Gasteiger partial charge < -0.3 is 9.52 Å². The third kappa shape index (κ3) is 2.44. The van der Waals surface area contributed by atoms with E-state index in [1.165, 1.54) is 0 Å². The minimum Gasteiger partial charge on any atom is -0.478 e. The molecule has 1 aliphatic rings. The first-order valence-corrected chi connectivity index (χ1v) is 6.70. The molecule has 0 saturated carbocycles. The molecule has 0 bridgehead atoms. The number of carbonyl (C=O) groups is 1. The van der Waals surface area contributed by atoms with Crippen LogP contribution in [0.25, 0.3) is 0 Å². The number of hydrogen-bond donors (Lipinski definition) is 1. The molecule has 0 amide bonds. The van der Waals surface area contributed by atoms with Crippen molar-refractivity contribution in [3.63, 3.8) is 0 Å². The Morgan fingerprint density at radius 2 is 2.35 bits per heavy atom. The fraction of sp³-hybridized carbons (Fsp3) is 0.333. The Bertz CT molecular complexity index is 595. The summed E-state index contributed by atoms with van der Waals surface area (Å²) in [5.74, 6) is 0.0113. The molecule has 0 aliphatic carbocycles. The van der Waals surface area contributed by atoms with Crippen molar-refractivity contribution in [3.8, 4) is 0 Å². The first kappa shape index (κ1) is 12.9. The molecule has 5 nitrogen and oxygen atoms in total. The van der Waals surface area contributed by atoms with E-state index in [0.29, 0.717) is 12.2 Å². The molecule has 20 heavy (non-hydrogen) atoms. The summed E-state index contributed by atoms with van der Waals surface area (Å²) >= 11 is 0. The Balaban J connectivity index is 1.82. The van der Waals surface area contributed by atoms with Gasteiger partial charge in [-0.3, -0.25) is 9.88 Å². The van der Waals surface area contributed by atoms with E-state index in [0.717, 1.165) is 25.1 Å². The molecule has 2 aromatic rings. The predicted molar refractivity (Wildman–Crippen MR) is 72.3 cm³/mol. The summed E-state index contributed by atoms with van der Waals surface area (Å²) in [4.78, 5) is 17.7. The summed E-state index contributed by atoms with van der Waals surface area (Å²) < 4.78 is 5.48. The average Bonchev–Trinajstić information content (AvgIpc) is 3.09. The van der Waals surface area contributed by atoms with Crippen molar-refractivity contribution in [1.82, 2.24) is 9.88 Å². The van der Waals surface area contributed by atoms with Gasteiger partial charge in [0, 0.05) is 12.7 Å². The van der Waals surface area contributed by atoms with Crippen molar-refractivity contribution in [1.29, 1.82) is 0 Å². The molecule has 1 atom stereocenters. The van der Waals surface area contributed by atoms with Gasteiger partial charge in [-0.25, -0.2) is 4.79 Å². The van der Waals surface area contributed by atoms with E-state index >= 15 is 0 Å². The summed E-state index contributed by atoms with van der Waals surface area (Å²) in [6.07, 6.45) is 5.43. The molecule has 104 valence electrons. The van der Waals surface area contributed by atoms with E-state index in [4.69, 9.17) is 4.42 Å². The van der Waals surface area contributed by atoms with Crippen molar-refractivity contribution >= 4 is 5.97 Å². The lowest BCUT2D eigenvalue weighted by Crippen LogP contribution is -2.24. The lowest BCUT2D eigenvalue weighted by Gasteiger charge is -2.22. The first-order chi connectivity index (χ1) is 9.75. The van der Waals surface area contributed by atoms with Gasteiger partial charge in [-0.2, -0.15) is 0 Å². The zero-order valence-electron chi connectivity index (χ0n) is 11.0. The largest absolute Gasteiger partial charge is 0.478 e. The molecule has 0 spiro atoms. The number of aromatic nitrogens is 1. The van der Waals surface area contributed by atoms with Crippen LogP contribution in [0.1, 0.15) is 40.7 Å². The van der Waals surface area contributed by atoms with Crippen molar-refractivity contribution < 1.29 is 14.3 Å². The van der Waals surface area contributed by atoms with Crippen LogP contribution >= 0.6 is 0 Å². The van der Waals surface area contributed by atoms with Gasteiger partial charge in [-0.15, -0.1) is 0 Å². The highest BCUT2D eigenvalue weighted by Gasteiger charge is 2.29. The maximum absolute atomic E-state index is 11.2. The van der Waals surface area contributed by atoms with Crippen LogP contribution in [0.4, 0.5) is 0 Å². The van der Waals surface area contributed by atoms with Gasteiger partial charge in [-0.1, -0.05) is 0 Å². The average molecular weight is 272 g/mol. The third-order valence-electron chi connectivity index (χ3n) is 3.71. The molecule has 3 heterocycles. The monoisotopic (exact) mass is 272 g/mol. The van der Waals surface area contributed by atoms with Crippen LogP contribution < -0.4 is 0 Å². The fourth-order valence-electron chi connectivity index (χ4n) is 2.77. The molecule has 0 aromatic carbocycles. The van der Waals surface area contributed by atoms with Crippen LogP contribution in [-0.2, 0) is 6.54 Å². The van der Waals surface area contributed by atoms with Crippen molar-refractivity contribution in [2.45, 2.75) is 25.4 Å². The smallest absolute Gasteiger partial charge is 0.337 e. The van der Waals surface area contributed by atoms with E-state index in [2.05, 4.69) is 9.88 Å². The van der Waals surface area contributed by atoms with E-state index in [1.807, 2.05) is 12.1 Å². The second-order valence-electron chi connectivity index (χ2n) is 4.95. The quantitative estimate of drug-likeness (QED) is 0.927. The number of likely N-dealkylation sites (tertiary alicyclic amines) is 1. The van der Waals surface area contributed by atoms with Crippen LogP contribution in [-0.4, -0.2) is 27.5 Å². The maximum atomic E-state index is 11.2. The summed E-state index contributed by atoms with van der Waals surface area (Å²) in [5.41, 5.74) is 0.885. The highest BCUT2D eigenvalue weighted by Crippen LogP contribution is 2.33. The zero-order valence-corrected chi connectivity index (χ0v) is 11.0. The van der Waals surface area contributed by atoms with E-state index < -0.39 is 5.97 Å². The molecule has 1 fully saturated rings. The minimum atomic E-state index is -0.929. The lowest BCUT2D eigenvalue weighted by atomic mass is 10.1. The molecule has 1 saturated heterocycles. The standard InChI is InChI=1S/C15H16N2O3/c18-15(19)11-4-1-7-16-12(11)10-17-8-2-5-13(17)14-6-3-9-20-14/h1,3-4,6-7,9,13H,2,5,8,10H2,(H,18,19). The summed E-state index contributed by atoms with van der Waals surface area (Å²) in [6.45, 7) is 1.47. The summed E-state index contributed by atoms with van der Waals surface area (Å²) in [7, 11) is 0. The minimum absolute atomic E-state index is 0.216. The van der Waals surface area contributed by atoms with Crippen molar-refractivity contribution in [2.24, 2.45) is 0 Å². The number of pyridine rings is 1.